The molecule has 0 unspecified atom stereocenters. The van der Waals surface area contributed by atoms with E-state index in [-0.39, 0.29) is 5.91 Å². The summed E-state index contributed by atoms with van der Waals surface area (Å²) in [5.74, 6) is -0.121. The van der Waals surface area contributed by atoms with E-state index in [9.17, 15) is 4.79 Å². The molecule has 0 saturated carbocycles. The summed E-state index contributed by atoms with van der Waals surface area (Å²) in [5.41, 5.74) is 6.14. The number of benzene rings is 2. The van der Waals surface area contributed by atoms with Gasteiger partial charge in [-0.15, -0.1) is 0 Å². The molecule has 2 aromatic carbocycles. The number of rotatable bonds is 5. The van der Waals surface area contributed by atoms with Crippen LogP contribution < -0.4 is 0 Å². The Hall–Kier alpha value is -4.26. The van der Waals surface area contributed by atoms with Gasteiger partial charge < -0.3 is 4.90 Å². The van der Waals surface area contributed by atoms with Gasteiger partial charge in [-0.2, -0.15) is 10.2 Å². The lowest BCUT2D eigenvalue weighted by molar-refractivity contribution is 0.0787. The van der Waals surface area contributed by atoms with Gasteiger partial charge in [0.05, 0.1) is 17.6 Å². The second-order valence-electron chi connectivity index (χ2n) is 7.77. The molecule has 0 atom stereocenters. The van der Waals surface area contributed by atoms with Gasteiger partial charge >= 0.3 is 0 Å². The average molecular weight is 422 g/mol. The second-order valence-corrected chi connectivity index (χ2v) is 7.77. The lowest BCUT2D eigenvalue weighted by Gasteiger charge is -2.17. The minimum atomic E-state index is -0.121. The number of fused-ring (bicyclic) bond motifs is 1. The molecule has 158 valence electrons. The third-order valence-electron chi connectivity index (χ3n) is 5.45. The molecule has 0 fully saturated rings. The van der Waals surface area contributed by atoms with Crippen molar-refractivity contribution in [3.8, 4) is 16.9 Å². The van der Waals surface area contributed by atoms with E-state index >= 15 is 0 Å². The van der Waals surface area contributed by atoms with Crippen molar-refractivity contribution in [2.24, 2.45) is 0 Å². The quantitative estimate of drug-likeness (QED) is 0.426. The minimum Gasteiger partial charge on any atom is -0.337 e. The van der Waals surface area contributed by atoms with E-state index in [2.05, 4.69) is 34.2 Å². The Kier molecular flexibility index (Phi) is 4.99. The zero-order valence-corrected chi connectivity index (χ0v) is 17.9. The Morgan fingerprint density at radius 1 is 0.969 bits per heavy atom. The zero-order chi connectivity index (χ0) is 22.1. The maximum Gasteiger partial charge on any atom is 0.259 e. The van der Waals surface area contributed by atoms with Crippen molar-refractivity contribution in [1.29, 1.82) is 0 Å². The van der Waals surface area contributed by atoms with Crippen LogP contribution in [0.25, 0.3) is 22.6 Å². The van der Waals surface area contributed by atoms with Gasteiger partial charge in [0.15, 0.2) is 5.65 Å². The first kappa shape index (κ1) is 19.7. The molecule has 0 radical (unpaired) electrons. The summed E-state index contributed by atoms with van der Waals surface area (Å²) in [7, 11) is 1.79. The number of amides is 1. The molecule has 7 heteroatoms. The van der Waals surface area contributed by atoms with E-state index in [1.54, 1.807) is 39.7 Å². The third kappa shape index (κ3) is 3.65. The molecule has 3 heterocycles. The summed E-state index contributed by atoms with van der Waals surface area (Å²) in [6.07, 6.45) is 6.96. The molecule has 1 amide bonds. The maximum atomic E-state index is 13.2. The fourth-order valence-corrected chi connectivity index (χ4v) is 3.71. The number of nitrogens with zero attached hydrogens (tertiary/aromatic N) is 6. The van der Waals surface area contributed by atoms with Crippen LogP contribution >= 0.6 is 0 Å². The largest absolute Gasteiger partial charge is 0.337 e. The van der Waals surface area contributed by atoms with Crippen LogP contribution in [-0.4, -0.2) is 42.2 Å². The number of hydrogen-bond donors (Lipinski definition) is 0. The predicted molar refractivity (Wildman–Crippen MR) is 123 cm³/mol. The Bertz CT molecular complexity index is 1370. The number of carbonyl (C=O) groups excluding carboxylic acids is 1. The Balaban J connectivity index is 1.38. The number of carbonyl (C=O) groups is 1. The normalized spacial score (nSPS) is 11.1. The van der Waals surface area contributed by atoms with Crippen LogP contribution in [0.4, 0.5) is 0 Å². The van der Waals surface area contributed by atoms with Crippen molar-refractivity contribution < 1.29 is 4.79 Å². The van der Waals surface area contributed by atoms with Crippen molar-refractivity contribution in [1.82, 2.24) is 29.3 Å². The molecule has 0 aliphatic carbocycles. The van der Waals surface area contributed by atoms with Crippen LogP contribution in [0, 0.1) is 6.92 Å². The van der Waals surface area contributed by atoms with Crippen molar-refractivity contribution in [3.63, 3.8) is 0 Å². The predicted octanol–water partition coefficient (Wildman–Crippen LogP) is 4.16. The van der Waals surface area contributed by atoms with E-state index in [0.717, 1.165) is 22.5 Å². The topological polar surface area (TPSA) is 68.3 Å². The fourth-order valence-electron chi connectivity index (χ4n) is 3.71. The van der Waals surface area contributed by atoms with E-state index in [1.165, 1.54) is 5.56 Å². The SMILES string of the molecule is Cc1ccc(-c2ccnc3c(C(=O)N(C)Cc4ccc(-n5cccn5)cc4)cnn23)cc1. The average Bonchev–Trinajstić information content (AvgIpc) is 3.50. The number of aromatic nitrogens is 5. The van der Waals surface area contributed by atoms with Gasteiger partial charge in [0.25, 0.3) is 5.91 Å². The van der Waals surface area contributed by atoms with E-state index in [4.69, 9.17) is 0 Å². The van der Waals surface area contributed by atoms with E-state index < -0.39 is 0 Å². The smallest absolute Gasteiger partial charge is 0.259 e. The third-order valence-corrected chi connectivity index (χ3v) is 5.45. The molecule has 0 N–H and O–H groups in total. The fraction of sp³-hybridized carbons (Fsp3) is 0.120. The highest BCUT2D eigenvalue weighted by Crippen LogP contribution is 2.22. The van der Waals surface area contributed by atoms with Gasteiger partial charge in [0.2, 0.25) is 0 Å². The van der Waals surface area contributed by atoms with Crippen molar-refractivity contribution in [2.45, 2.75) is 13.5 Å². The van der Waals surface area contributed by atoms with Crippen molar-refractivity contribution in [3.05, 3.63) is 102 Å². The van der Waals surface area contributed by atoms with Gasteiger partial charge in [-0.3, -0.25) is 4.79 Å². The van der Waals surface area contributed by atoms with Gasteiger partial charge in [-0.1, -0.05) is 42.0 Å². The van der Waals surface area contributed by atoms with Gasteiger partial charge in [-0.25, -0.2) is 14.2 Å². The molecular weight excluding hydrogens is 400 g/mol. The standard InChI is InChI=1S/C25H22N6O/c1-18-4-8-20(9-5-18)23-12-14-26-24-22(16-28-31(23)24)25(32)29(2)17-19-6-10-21(11-7-19)30-15-3-13-27-30/h3-16H,17H2,1-2H3. The van der Waals surface area contributed by atoms with Crippen molar-refractivity contribution in [2.75, 3.05) is 7.05 Å². The molecule has 7 nitrogen and oxygen atoms in total. The highest BCUT2D eigenvalue weighted by Gasteiger charge is 2.19. The van der Waals surface area contributed by atoms with Crippen LogP contribution in [0.3, 0.4) is 0 Å². The molecule has 5 rings (SSSR count). The first-order chi connectivity index (χ1) is 15.6. The van der Waals surface area contributed by atoms with Gasteiger partial charge in [0, 0.05) is 37.7 Å². The minimum absolute atomic E-state index is 0.121. The molecular formula is C25H22N6O. The summed E-state index contributed by atoms with van der Waals surface area (Å²) in [6, 6.07) is 20.0. The first-order valence-corrected chi connectivity index (χ1v) is 10.3. The summed E-state index contributed by atoms with van der Waals surface area (Å²) >= 11 is 0. The Morgan fingerprint density at radius 3 is 2.47 bits per heavy atom. The van der Waals surface area contributed by atoms with Crippen LogP contribution in [0.1, 0.15) is 21.5 Å². The number of hydrogen-bond acceptors (Lipinski definition) is 4. The van der Waals surface area contributed by atoms with Crippen LogP contribution in [0.2, 0.25) is 0 Å². The highest BCUT2D eigenvalue weighted by atomic mass is 16.2. The van der Waals surface area contributed by atoms with Crippen LogP contribution in [0.5, 0.6) is 0 Å². The maximum absolute atomic E-state index is 13.2. The summed E-state index contributed by atoms with van der Waals surface area (Å²) in [6.45, 7) is 2.53. The Labute approximate surface area is 185 Å². The van der Waals surface area contributed by atoms with Gasteiger partial charge in [-0.05, 0) is 36.8 Å². The molecule has 32 heavy (non-hydrogen) atoms. The second kappa shape index (κ2) is 8.11. The molecule has 3 aromatic heterocycles. The molecule has 0 bridgehead atoms. The molecule has 0 saturated heterocycles. The monoisotopic (exact) mass is 422 g/mol. The Morgan fingerprint density at radius 2 is 1.75 bits per heavy atom. The first-order valence-electron chi connectivity index (χ1n) is 10.3. The molecule has 0 aliphatic heterocycles. The molecule has 0 spiro atoms. The van der Waals surface area contributed by atoms with E-state index in [1.807, 2.05) is 54.7 Å². The number of aryl methyl sites for hydroxylation is 1. The van der Waals surface area contributed by atoms with Gasteiger partial charge in [0.1, 0.15) is 5.56 Å². The zero-order valence-electron chi connectivity index (χ0n) is 17.9. The van der Waals surface area contributed by atoms with Crippen LogP contribution in [-0.2, 0) is 6.54 Å². The van der Waals surface area contributed by atoms with E-state index in [0.29, 0.717) is 17.8 Å². The van der Waals surface area contributed by atoms with Crippen LogP contribution in [0.15, 0.2) is 85.5 Å². The van der Waals surface area contributed by atoms with Crippen molar-refractivity contribution >= 4 is 11.6 Å². The lowest BCUT2D eigenvalue weighted by atomic mass is 10.1. The summed E-state index contributed by atoms with van der Waals surface area (Å²) in [4.78, 5) is 19.3. The summed E-state index contributed by atoms with van der Waals surface area (Å²) < 4.78 is 3.53. The summed E-state index contributed by atoms with van der Waals surface area (Å²) in [5, 5.41) is 8.70. The lowest BCUT2D eigenvalue weighted by Crippen LogP contribution is -2.26. The highest BCUT2D eigenvalue weighted by molar-refractivity contribution is 5.99. The molecule has 5 aromatic rings. The molecule has 0 aliphatic rings.